The van der Waals surface area contributed by atoms with E-state index in [2.05, 4.69) is 9.71 Å². The number of oxazole rings is 1. The van der Waals surface area contributed by atoms with Gasteiger partial charge in [0.05, 0.1) is 23.2 Å². The van der Waals surface area contributed by atoms with Crippen molar-refractivity contribution in [1.29, 1.82) is 0 Å². The van der Waals surface area contributed by atoms with E-state index in [0.29, 0.717) is 22.5 Å². The molecule has 0 bridgehead atoms. The van der Waals surface area contributed by atoms with Crippen LogP contribution in [0.15, 0.2) is 50.5 Å². The average molecular weight is 334 g/mol. The number of hydrogen-bond acceptors (Lipinski definition) is 5. The predicted molar refractivity (Wildman–Crippen MR) is 85.4 cm³/mol. The van der Waals surface area contributed by atoms with Gasteiger partial charge in [-0.05, 0) is 42.8 Å². The van der Waals surface area contributed by atoms with Gasteiger partial charge in [0, 0.05) is 0 Å². The number of aromatic amines is 1. The summed E-state index contributed by atoms with van der Waals surface area (Å²) in [5.41, 5.74) is 1.84. The summed E-state index contributed by atoms with van der Waals surface area (Å²) in [6.07, 6.45) is 0. The normalized spacial score (nSPS) is 11.6. The van der Waals surface area contributed by atoms with E-state index in [1.165, 1.54) is 25.3 Å². The number of H-pyrrole nitrogens is 1. The quantitative estimate of drug-likeness (QED) is 0.762. The number of rotatable bonds is 4. The second-order valence-electron chi connectivity index (χ2n) is 4.98. The molecular weight excluding hydrogens is 320 g/mol. The molecule has 2 N–H and O–H groups in total. The van der Waals surface area contributed by atoms with Crippen LogP contribution >= 0.6 is 0 Å². The van der Waals surface area contributed by atoms with E-state index >= 15 is 0 Å². The van der Waals surface area contributed by atoms with Crippen LogP contribution in [0, 0.1) is 6.92 Å². The largest absolute Gasteiger partial charge is 0.495 e. The molecule has 0 saturated heterocycles. The summed E-state index contributed by atoms with van der Waals surface area (Å²) in [5, 5.41) is 0. The zero-order valence-corrected chi connectivity index (χ0v) is 13.2. The van der Waals surface area contributed by atoms with Gasteiger partial charge in [-0.3, -0.25) is 9.71 Å². The summed E-state index contributed by atoms with van der Waals surface area (Å²) in [7, 11) is -2.38. The third-order valence-corrected chi connectivity index (χ3v) is 4.66. The molecule has 0 fully saturated rings. The van der Waals surface area contributed by atoms with Crippen LogP contribution in [0.2, 0.25) is 0 Å². The van der Waals surface area contributed by atoms with Crippen LogP contribution in [0.5, 0.6) is 5.75 Å². The van der Waals surface area contributed by atoms with Crippen molar-refractivity contribution in [2.24, 2.45) is 0 Å². The number of nitrogens with one attached hydrogen (secondary N) is 2. The highest BCUT2D eigenvalue weighted by Crippen LogP contribution is 2.28. The molecule has 3 aromatic rings. The maximum Gasteiger partial charge on any atom is 0.417 e. The molecule has 23 heavy (non-hydrogen) atoms. The molecule has 0 amide bonds. The van der Waals surface area contributed by atoms with Gasteiger partial charge in [0.15, 0.2) is 5.58 Å². The van der Waals surface area contributed by atoms with Gasteiger partial charge >= 0.3 is 5.76 Å². The molecule has 0 radical (unpaired) electrons. The fourth-order valence-electron chi connectivity index (χ4n) is 2.20. The van der Waals surface area contributed by atoms with Crippen molar-refractivity contribution >= 4 is 26.8 Å². The first-order chi connectivity index (χ1) is 10.9. The Hall–Kier alpha value is -2.74. The lowest BCUT2D eigenvalue weighted by atomic mass is 10.2. The van der Waals surface area contributed by atoms with Gasteiger partial charge in [0.1, 0.15) is 5.75 Å². The fraction of sp³-hybridized carbons (Fsp3) is 0.133. The molecule has 0 aliphatic heterocycles. The van der Waals surface area contributed by atoms with Crippen molar-refractivity contribution in [2.45, 2.75) is 11.8 Å². The minimum atomic E-state index is -3.84. The van der Waals surface area contributed by atoms with Crippen molar-refractivity contribution in [2.75, 3.05) is 11.8 Å². The van der Waals surface area contributed by atoms with E-state index in [4.69, 9.17) is 9.15 Å². The number of fused-ring (bicyclic) bond motifs is 1. The SMILES string of the molecule is COc1ccc(C)cc1NS(=O)(=O)c1ccc2oc(=O)[nH]c2c1. The lowest BCUT2D eigenvalue weighted by Crippen LogP contribution is -2.13. The van der Waals surface area contributed by atoms with Crippen LogP contribution in [0.3, 0.4) is 0 Å². The highest BCUT2D eigenvalue weighted by molar-refractivity contribution is 7.92. The zero-order chi connectivity index (χ0) is 16.6. The van der Waals surface area contributed by atoms with Gasteiger partial charge in [-0.2, -0.15) is 0 Å². The van der Waals surface area contributed by atoms with E-state index in [1.807, 2.05) is 13.0 Å². The molecule has 2 aromatic carbocycles. The maximum atomic E-state index is 12.5. The summed E-state index contributed by atoms with van der Waals surface area (Å²) in [4.78, 5) is 13.6. The molecule has 7 nitrogen and oxygen atoms in total. The Morgan fingerprint density at radius 3 is 2.70 bits per heavy atom. The smallest absolute Gasteiger partial charge is 0.417 e. The van der Waals surface area contributed by atoms with Crippen LogP contribution in [0.1, 0.15) is 5.56 Å². The van der Waals surface area contributed by atoms with Crippen molar-refractivity contribution < 1.29 is 17.6 Å². The number of benzene rings is 2. The van der Waals surface area contributed by atoms with Crippen molar-refractivity contribution in [3.05, 3.63) is 52.5 Å². The van der Waals surface area contributed by atoms with Crippen LogP contribution < -0.4 is 15.2 Å². The van der Waals surface area contributed by atoms with E-state index in [0.717, 1.165) is 5.56 Å². The molecule has 8 heteroatoms. The van der Waals surface area contributed by atoms with Gasteiger partial charge in [-0.25, -0.2) is 13.2 Å². The molecule has 1 aromatic heterocycles. The number of aryl methyl sites for hydroxylation is 1. The molecule has 0 aliphatic rings. The highest BCUT2D eigenvalue weighted by atomic mass is 32.2. The molecular formula is C15H14N2O5S. The second kappa shape index (κ2) is 5.47. The maximum absolute atomic E-state index is 12.5. The summed E-state index contributed by atoms with van der Waals surface area (Å²) in [5.74, 6) is -0.222. The number of anilines is 1. The molecule has 3 rings (SSSR count). The summed E-state index contributed by atoms with van der Waals surface area (Å²) < 4.78 is 37.6. The minimum absolute atomic E-state index is 0.00519. The molecule has 120 valence electrons. The first kappa shape index (κ1) is 15.2. The topological polar surface area (TPSA) is 101 Å². The molecule has 0 unspecified atom stereocenters. The van der Waals surface area contributed by atoms with Crippen molar-refractivity contribution in [1.82, 2.24) is 4.98 Å². The standard InChI is InChI=1S/C15H14N2O5S/c1-9-3-5-13(21-2)12(7-9)17-23(19,20)10-4-6-14-11(8-10)16-15(18)22-14/h3-8,17H,1-2H3,(H,16,18). The van der Waals surface area contributed by atoms with E-state index in [9.17, 15) is 13.2 Å². The Balaban J connectivity index is 2.03. The Morgan fingerprint density at radius 1 is 1.17 bits per heavy atom. The lowest BCUT2D eigenvalue weighted by Gasteiger charge is -2.12. The van der Waals surface area contributed by atoms with E-state index in [-0.39, 0.29) is 4.90 Å². The Bertz CT molecular complexity index is 1030. The monoisotopic (exact) mass is 334 g/mol. The Kier molecular flexibility index (Phi) is 3.61. The van der Waals surface area contributed by atoms with Crippen molar-refractivity contribution in [3.8, 4) is 5.75 Å². The first-order valence-corrected chi connectivity index (χ1v) is 8.18. The molecule has 0 aliphatic carbocycles. The number of hydrogen-bond donors (Lipinski definition) is 2. The van der Waals surface area contributed by atoms with Gasteiger partial charge in [-0.1, -0.05) is 6.07 Å². The van der Waals surface area contributed by atoms with Crippen LogP contribution in [0.25, 0.3) is 11.1 Å². The van der Waals surface area contributed by atoms with Crippen LogP contribution in [-0.2, 0) is 10.0 Å². The molecule has 1 heterocycles. The first-order valence-electron chi connectivity index (χ1n) is 6.69. The summed E-state index contributed by atoms with van der Waals surface area (Å²) in [6, 6.07) is 9.31. The Morgan fingerprint density at radius 2 is 1.96 bits per heavy atom. The number of ether oxygens (including phenoxy) is 1. The van der Waals surface area contributed by atoms with Crippen LogP contribution in [0.4, 0.5) is 5.69 Å². The third-order valence-electron chi connectivity index (χ3n) is 3.30. The van der Waals surface area contributed by atoms with Gasteiger partial charge in [0.25, 0.3) is 10.0 Å². The van der Waals surface area contributed by atoms with Gasteiger partial charge in [-0.15, -0.1) is 0 Å². The van der Waals surface area contributed by atoms with Crippen molar-refractivity contribution in [3.63, 3.8) is 0 Å². The van der Waals surface area contributed by atoms with E-state index in [1.54, 1.807) is 12.1 Å². The summed E-state index contributed by atoms with van der Waals surface area (Å²) in [6.45, 7) is 1.85. The number of sulfonamides is 1. The van der Waals surface area contributed by atoms with E-state index < -0.39 is 15.8 Å². The minimum Gasteiger partial charge on any atom is -0.495 e. The molecule has 0 spiro atoms. The number of methoxy groups -OCH3 is 1. The lowest BCUT2D eigenvalue weighted by molar-refractivity contribution is 0.417. The van der Waals surface area contributed by atoms with Gasteiger partial charge in [0.2, 0.25) is 0 Å². The predicted octanol–water partition coefficient (Wildman–Crippen LogP) is 2.24. The third kappa shape index (κ3) is 2.93. The molecule has 0 atom stereocenters. The second-order valence-corrected chi connectivity index (χ2v) is 6.66. The zero-order valence-electron chi connectivity index (χ0n) is 12.4. The summed E-state index contributed by atoms with van der Waals surface area (Å²) >= 11 is 0. The highest BCUT2D eigenvalue weighted by Gasteiger charge is 2.18. The average Bonchev–Trinajstić information content (AvgIpc) is 2.86. The Labute approximate surface area is 131 Å². The van der Waals surface area contributed by atoms with Crippen LogP contribution in [-0.4, -0.2) is 20.5 Å². The number of aromatic nitrogens is 1. The van der Waals surface area contributed by atoms with Gasteiger partial charge < -0.3 is 9.15 Å². The fourth-order valence-corrected chi connectivity index (χ4v) is 3.29. The molecule has 0 saturated carbocycles.